The molecular formula is C37H42F6O2. The maximum atomic E-state index is 11.6. The van der Waals surface area contributed by atoms with E-state index in [1.807, 2.05) is 48.5 Å². The Morgan fingerprint density at radius 1 is 0.422 bits per heavy atom. The van der Waals surface area contributed by atoms with Gasteiger partial charge in [0.2, 0.25) is 0 Å². The second-order valence-corrected chi connectivity index (χ2v) is 12.9. The van der Waals surface area contributed by atoms with E-state index in [-0.39, 0.29) is 13.8 Å². The number of ether oxygens (including phenoxy) is 2. The summed E-state index contributed by atoms with van der Waals surface area (Å²) in [6.45, 7) is 13.1. The van der Waals surface area contributed by atoms with Crippen LogP contribution in [0.5, 0.6) is 23.0 Å². The van der Waals surface area contributed by atoms with E-state index >= 15 is 0 Å². The molecule has 0 radical (unpaired) electrons. The van der Waals surface area contributed by atoms with Crippen molar-refractivity contribution in [2.24, 2.45) is 10.8 Å². The summed E-state index contributed by atoms with van der Waals surface area (Å²) < 4.78 is 81.5. The molecule has 244 valence electrons. The van der Waals surface area contributed by atoms with E-state index in [0.717, 1.165) is 29.4 Å². The molecule has 0 aliphatic carbocycles. The van der Waals surface area contributed by atoms with Gasteiger partial charge in [-0.2, -0.15) is 26.3 Å². The summed E-state index contributed by atoms with van der Waals surface area (Å²) in [5.41, 5.74) is 1.81. The highest BCUT2D eigenvalue weighted by Crippen LogP contribution is 2.49. The smallest absolute Gasteiger partial charge is 0.402 e. The van der Waals surface area contributed by atoms with Crippen molar-refractivity contribution in [3.8, 4) is 23.0 Å². The van der Waals surface area contributed by atoms with Crippen molar-refractivity contribution < 1.29 is 35.8 Å². The Balaban J connectivity index is 0.000000367. The average Bonchev–Trinajstić information content (AvgIpc) is 2.92. The van der Waals surface area contributed by atoms with Crippen LogP contribution in [0.1, 0.15) is 63.8 Å². The topological polar surface area (TPSA) is 18.5 Å². The molecule has 0 unspecified atom stereocenters. The van der Waals surface area contributed by atoms with Gasteiger partial charge in [-0.15, -0.1) is 0 Å². The molecule has 0 bridgehead atoms. The number of alkyl halides is 6. The third-order valence-corrected chi connectivity index (χ3v) is 6.19. The van der Waals surface area contributed by atoms with Gasteiger partial charge in [0.1, 0.15) is 23.0 Å². The lowest BCUT2D eigenvalue weighted by Gasteiger charge is -2.29. The zero-order valence-electron chi connectivity index (χ0n) is 27.0. The number of benzene rings is 4. The highest BCUT2D eigenvalue weighted by Gasteiger charge is 2.64. The SMILES string of the molecule is CC(C)(C(F)(F)F)C(F)(F)F.CC(C)(C)C.Cc1ccc(Oc2ccc(Cc3ccc(Oc4ccc(C)cc4)cc3)cc2)cc1. The molecular weight excluding hydrogens is 590 g/mol. The van der Waals surface area contributed by atoms with Crippen molar-refractivity contribution >= 4 is 0 Å². The molecule has 0 fully saturated rings. The van der Waals surface area contributed by atoms with Crippen LogP contribution >= 0.6 is 0 Å². The van der Waals surface area contributed by atoms with Crippen LogP contribution in [0.2, 0.25) is 0 Å². The molecule has 4 rings (SSSR count). The van der Waals surface area contributed by atoms with Gasteiger partial charge < -0.3 is 9.47 Å². The molecule has 0 spiro atoms. The normalized spacial score (nSPS) is 11.9. The zero-order valence-corrected chi connectivity index (χ0v) is 27.0. The summed E-state index contributed by atoms with van der Waals surface area (Å²) in [6.07, 6.45) is -9.62. The van der Waals surface area contributed by atoms with Crippen LogP contribution in [-0.2, 0) is 6.42 Å². The van der Waals surface area contributed by atoms with E-state index in [4.69, 9.17) is 9.47 Å². The molecule has 8 heteroatoms. The first-order valence-corrected chi connectivity index (χ1v) is 14.4. The second-order valence-electron chi connectivity index (χ2n) is 12.9. The van der Waals surface area contributed by atoms with Gasteiger partial charge in [-0.25, -0.2) is 0 Å². The van der Waals surface area contributed by atoms with Crippen molar-refractivity contribution in [2.75, 3.05) is 0 Å². The monoisotopic (exact) mass is 632 g/mol. The number of hydrogen-bond donors (Lipinski definition) is 0. The molecule has 0 N–H and O–H groups in total. The minimum atomic E-state index is -5.24. The van der Waals surface area contributed by atoms with Crippen molar-refractivity contribution in [2.45, 2.75) is 74.2 Å². The van der Waals surface area contributed by atoms with Crippen LogP contribution in [-0.4, -0.2) is 12.4 Å². The number of hydrogen-bond acceptors (Lipinski definition) is 2. The standard InChI is InChI=1S/C27H24O2.C5H6F6.C5H12/c1-20-3-11-24(12-4-20)28-26-15-7-22(8-16-26)19-23-9-17-27(18-10-23)29-25-13-5-21(2)6-14-25;1-3(2,4(6,7)8)5(9,10)11;1-5(2,3)4/h3-18H,19H2,1-2H3;1-2H3;1-4H3. The molecule has 45 heavy (non-hydrogen) atoms. The molecule has 0 aliphatic rings. The second kappa shape index (κ2) is 15.4. The third kappa shape index (κ3) is 13.3. The minimum absolute atomic E-state index is 0.104. The maximum absolute atomic E-state index is 11.6. The van der Waals surface area contributed by atoms with Crippen LogP contribution in [0, 0.1) is 24.7 Å². The van der Waals surface area contributed by atoms with Crippen molar-refractivity contribution in [3.63, 3.8) is 0 Å². The Bertz CT molecular complexity index is 1320. The number of rotatable bonds is 6. The van der Waals surface area contributed by atoms with Crippen LogP contribution in [0.4, 0.5) is 26.3 Å². The largest absolute Gasteiger partial charge is 0.457 e. The summed E-state index contributed by atoms with van der Waals surface area (Å²) in [6, 6.07) is 32.7. The van der Waals surface area contributed by atoms with Crippen LogP contribution < -0.4 is 9.47 Å². The van der Waals surface area contributed by atoms with Gasteiger partial charge in [-0.05, 0) is 99.2 Å². The van der Waals surface area contributed by atoms with Gasteiger partial charge >= 0.3 is 12.4 Å². The third-order valence-electron chi connectivity index (χ3n) is 6.19. The Labute approximate surface area is 263 Å². The van der Waals surface area contributed by atoms with Gasteiger partial charge in [-0.1, -0.05) is 87.4 Å². The lowest BCUT2D eigenvalue weighted by Crippen LogP contribution is -2.44. The fourth-order valence-electron chi connectivity index (χ4n) is 3.23. The summed E-state index contributed by atoms with van der Waals surface area (Å²) in [4.78, 5) is 0. The van der Waals surface area contributed by atoms with Gasteiger partial charge in [0.05, 0.1) is 0 Å². The molecule has 4 aromatic carbocycles. The van der Waals surface area contributed by atoms with E-state index < -0.39 is 17.8 Å². The van der Waals surface area contributed by atoms with E-state index in [9.17, 15) is 26.3 Å². The molecule has 2 nitrogen and oxygen atoms in total. The van der Waals surface area contributed by atoms with Crippen molar-refractivity contribution in [3.05, 3.63) is 119 Å². The van der Waals surface area contributed by atoms with Crippen molar-refractivity contribution in [1.29, 1.82) is 0 Å². The van der Waals surface area contributed by atoms with Crippen LogP contribution in [0.3, 0.4) is 0 Å². The van der Waals surface area contributed by atoms with E-state index in [1.54, 1.807) is 0 Å². The molecule has 0 saturated carbocycles. The summed E-state index contributed by atoms with van der Waals surface area (Å²) in [7, 11) is 0. The summed E-state index contributed by atoms with van der Waals surface area (Å²) in [5, 5.41) is 0. The molecule has 0 atom stereocenters. The molecule has 0 saturated heterocycles. The highest BCUT2D eigenvalue weighted by molar-refractivity contribution is 5.38. The minimum Gasteiger partial charge on any atom is -0.457 e. The number of aryl methyl sites for hydroxylation is 2. The Morgan fingerprint density at radius 3 is 0.844 bits per heavy atom. The predicted molar refractivity (Wildman–Crippen MR) is 169 cm³/mol. The van der Waals surface area contributed by atoms with Gasteiger partial charge in [0.15, 0.2) is 5.41 Å². The van der Waals surface area contributed by atoms with Gasteiger partial charge in [-0.3, -0.25) is 0 Å². The Kier molecular flexibility index (Phi) is 12.7. The summed E-state index contributed by atoms with van der Waals surface area (Å²) in [5.74, 6) is 3.40. The maximum Gasteiger partial charge on any atom is 0.402 e. The number of halogens is 6. The Morgan fingerprint density at radius 2 is 0.644 bits per heavy atom. The molecule has 0 amide bonds. The first-order valence-electron chi connectivity index (χ1n) is 14.4. The van der Waals surface area contributed by atoms with Gasteiger partial charge in [0, 0.05) is 0 Å². The van der Waals surface area contributed by atoms with E-state index in [1.165, 1.54) is 22.3 Å². The first-order chi connectivity index (χ1) is 20.6. The molecule has 0 aromatic heterocycles. The lowest BCUT2D eigenvalue weighted by molar-refractivity contribution is -0.327. The predicted octanol–water partition coefficient (Wildman–Crippen LogP) is 12.7. The fraction of sp³-hybridized carbons (Fsp3) is 0.351. The Hall–Kier alpha value is -3.94. The molecule has 0 heterocycles. The van der Waals surface area contributed by atoms with E-state index in [2.05, 4.69) is 90.1 Å². The fourth-order valence-corrected chi connectivity index (χ4v) is 3.23. The average molecular weight is 633 g/mol. The summed E-state index contributed by atoms with van der Waals surface area (Å²) >= 11 is 0. The lowest BCUT2D eigenvalue weighted by atomic mass is 9.92. The quantitative estimate of drug-likeness (QED) is 0.197. The van der Waals surface area contributed by atoms with Crippen LogP contribution in [0.15, 0.2) is 97.1 Å². The van der Waals surface area contributed by atoms with Gasteiger partial charge in [0.25, 0.3) is 0 Å². The highest BCUT2D eigenvalue weighted by atomic mass is 19.4. The zero-order chi connectivity index (χ0) is 34.1. The first kappa shape index (κ1) is 37.2. The van der Waals surface area contributed by atoms with E-state index in [0.29, 0.717) is 5.41 Å². The van der Waals surface area contributed by atoms with Crippen molar-refractivity contribution in [1.82, 2.24) is 0 Å². The van der Waals surface area contributed by atoms with Crippen LogP contribution in [0.25, 0.3) is 0 Å². The molecule has 4 aromatic rings. The molecule has 0 aliphatic heterocycles.